The van der Waals surface area contributed by atoms with Crippen LogP contribution >= 0.6 is 24.0 Å². The van der Waals surface area contributed by atoms with Crippen LogP contribution in [0.4, 0.5) is 0 Å². The molecule has 1 aromatic carbocycles. The minimum absolute atomic E-state index is 0.166. The Morgan fingerprint density at radius 2 is 2.17 bits per heavy atom. The fourth-order valence-corrected chi connectivity index (χ4v) is 1.87. The number of hydrogen-bond donors (Lipinski definition) is 1. The third-order valence-corrected chi connectivity index (χ3v) is 3.18. The van der Waals surface area contributed by atoms with Crippen LogP contribution in [-0.4, -0.2) is 27.3 Å². The van der Waals surface area contributed by atoms with Crippen LogP contribution in [0, 0.1) is 4.77 Å². The first kappa shape index (κ1) is 12.7. The number of rotatable bonds is 3. The Balaban J connectivity index is 2.30. The minimum Gasteiger partial charge on any atom is -0.265 e. The molecule has 0 bridgehead atoms. The van der Waals surface area contributed by atoms with Gasteiger partial charge in [0, 0.05) is 4.90 Å². The van der Waals surface area contributed by atoms with Crippen molar-refractivity contribution in [1.82, 2.24) is 14.9 Å². The van der Waals surface area contributed by atoms with Gasteiger partial charge in [0.15, 0.2) is 0 Å². The molecule has 1 aromatic heterocycles. The molecular weight excluding hydrogens is 268 g/mol. The first-order chi connectivity index (χ1) is 8.70. The van der Waals surface area contributed by atoms with Crippen molar-refractivity contribution in [2.45, 2.75) is 4.90 Å². The predicted molar refractivity (Wildman–Crippen MR) is 74.9 cm³/mol. The van der Waals surface area contributed by atoms with Crippen molar-refractivity contribution in [2.75, 3.05) is 6.26 Å². The van der Waals surface area contributed by atoms with Crippen molar-refractivity contribution in [2.24, 2.45) is 5.10 Å². The lowest BCUT2D eigenvalue weighted by Gasteiger charge is -1.98. The number of benzene rings is 1. The van der Waals surface area contributed by atoms with E-state index in [2.05, 4.69) is 15.3 Å². The molecular formula is C11H10N4OS2. The fourth-order valence-electron chi connectivity index (χ4n) is 1.27. The third kappa shape index (κ3) is 2.93. The lowest BCUT2D eigenvalue weighted by molar-refractivity contribution is 0.738. The van der Waals surface area contributed by atoms with Gasteiger partial charge in [-0.15, -0.1) is 11.8 Å². The van der Waals surface area contributed by atoms with Crippen molar-refractivity contribution in [1.29, 1.82) is 0 Å². The zero-order chi connectivity index (χ0) is 13.0. The molecule has 0 fully saturated rings. The largest absolute Gasteiger partial charge is 0.293 e. The average Bonchev–Trinajstić information content (AvgIpc) is 2.39. The molecule has 5 nitrogen and oxygen atoms in total. The maximum atomic E-state index is 11.5. The van der Waals surface area contributed by atoms with E-state index in [1.54, 1.807) is 18.0 Å². The zero-order valence-electron chi connectivity index (χ0n) is 9.53. The standard InChI is InChI=1S/C11H10N4OS2/c1-18-9-4-2-8(3-5-9)6-13-15-10(16)7-12-14-11(15)17/h2-7H,1H3,(H,14,17)/b13-6+. The second-order valence-electron chi connectivity index (χ2n) is 3.34. The summed E-state index contributed by atoms with van der Waals surface area (Å²) in [5.74, 6) is 0. The zero-order valence-corrected chi connectivity index (χ0v) is 11.2. The molecule has 2 aromatic rings. The minimum atomic E-state index is -0.365. The van der Waals surface area contributed by atoms with E-state index in [9.17, 15) is 4.79 Å². The van der Waals surface area contributed by atoms with Gasteiger partial charge in [0.05, 0.1) is 6.21 Å². The fraction of sp³-hybridized carbons (Fsp3) is 0.0909. The molecule has 0 amide bonds. The van der Waals surface area contributed by atoms with Crippen molar-refractivity contribution in [3.8, 4) is 0 Å². The van der Waals surface area contributed by atoms with Crippen LogP contribution < -0.4 is 5.56 Å². The molecule has 0 saturated carbocycles. The van der Waals surface area contributed by atoms with Crippen LogP contribution in [0.15, 0.2) is 45.3 Å². The summed E-state index contributed by atoms with van der Waals surface area (Å²) in [5, 5.41) is 10.1. The van der Waals surface area contributed by atoms with Gasteiger partial charge in [0.1, 0.15) is 6.20 Å². The molecule has 0 radical (unpaired) electrons. The van der Waals surface area contributed by atoms with E-state index < -0.39 is 0 Å². The highest BCUT2D eigenvalue weighted by Gasteiger charge is 1.95. The number of hydrogen-bond acceptors (Lipinski definition) is 5. The molecule has 0 atom stereocenters. The number of aromatic amines is 1. The quantitative estimate of drug-likeness (QED) is 0.529. The van der Waals surface area contributed by atoms with Gasteiger partial charge in [-0.2, -0.15) is 14.9 Å². The molecule has 7 heteroatoms. The summed E-state index contributed by atoms with van der Waals surface area (Å²) in [6.45, 7) is 0. The van der Waals surface area contributed by atoms with Crippen LogP contribution in [0.3, 0.4) is 0 Å². The van der Waals surface area contributed by atoms with Gasteiger partial charge in [-0.1, -0.05) is 12.1 Å². The molecule has 92 valence electrons. The number of aromatic nitrogens is 3. The summed E-state index contributed by atoms with van der Waals surface area (Å²) in [6.07, 6.45) is 4.72. The monoisotopic (exact) mass is 278 g/mol. The van der Waals surface area contributed by atoms with Gasteiger partial charge in [-0.05, 0) is 36.2 Å². The van der Waals surface area contributed by atoms with Crippen molar-refractivity contribution in [3.63, 3.8) is 0 Å². The summed E-state index contributed by atoms with van der Waals surface area (Å²) >= 11 is 6.59. The highest BCUT2D eigenvalue weighted by atomic mass is 32.2. The number of H-pyrrole nitrogens is 1. The lowest BCUT2D eigenvalue weighted by atomic mass is 10.2. The summed E-state index contributed by atoms with van der Waals surface area (Å²) < 4.78 is 1.25. The molecule has 1 N–H and O–H groups in total. The maximum absolute atomic E-state index is 11.5. The summed E-state index contributed by atoms with van der Waals surface area (Å²) in [7, 11) is 0. The van der Waals surface area contributed by atoms with Gasteiger partial charge in [0.2, 0.25) is 4.77 Å². The van der Waals surface area contributed by atoms with Gasteiger partial charge >= 0.3 is 0 Å². The van der Waals surface area contributed by atoms with E-state index in [4.69, 9.17) is 12.2 Å². The molecule has 0 unspecified atom stereocenters. The Morgan fingerprint density at radius 1 is 1.44 bits per heavy atom. The Bertz CT molecular complexity index is 644. The Morgan fingerprint density at radius 3 is 2.78 bits per heavy atom. The summed E-state index contributed by atoms with van der Waals surface area (Å²) in [4.78, 5) is 12.6. The third-order valence-electron chi connectivity index (χ3n) is 2.17. The van der Waals surface area contributed by atoms with Crippen molar-refractivity contribution in [3.05, 3.63) is 51.2 Å². The first-order valence-electron chi connectivity index (χ1n) is 5.06. The van der Waals surface area contributed by atoms with Crippen LogP contribution in [0.5, 0.6) is 0 Å². The Kier molecular flexibility index (Phi) is 4.06. The van der Waals surface area contributed by atoms with E-state index in [0.29, 0.717) is 0 Å². The maximum Gasteiger partial charge on any atom is 0.293 e. The molecule has 18 heavy (non-hydrogen) atoms. The van der Waals surface area contributed by atoms with Gasteiger partial charge in [-0.25, -0.2) is 0 Å². The molecule has 0 aliphatic rings. The predicted octanol–water partition coefficient (Wildman–Crippen LogP) is 1.90. The van der Waals surface area contributed by atoms with Crippen LogP contribution in [0.25, 0.3) is 0 Å². The summed E-state index contributed by atoms with van der Waals surface area (Å²) in [6, 6.07) is 7.83. The van der Waals surface area contributed by atoms with Crippen LogP contribution in [0.1, 0.15) is 5.56 Å². The topological polar surface area (TPSA) is 63.0 Å². The molecule has 0 aliphatic carbocycles. The van der Waals surface area contributed by atoms with E-state index in [1.165, 1.54) is 4.90 Å². The Labute approximate surface area is 113 Å². The number of thioether (sulfide) groups is 1. The van der Waals surface area contributed by atoms with Gasteiger partial charge in [0.25, 0.3) is 5.56 Å². The van der Waals surface area contributed by atoms with Gasteiger partial charge in [-0.3, -0.25) is 9.89 Å². The molecule has 0 spiro atoms. The normalized spacial score (nSPS) is 10.9. The van der Waals surface area contributed by atoms with E-state index in [-0.39, 0.29) is 10.3 Å². The molecule has 2 rings (SSSR count). The average molecular weight is 278 g/mol. The highest BCUT2D eigenvalue weighted by molar-refractivity contribution is 7.98. The SMILES string of the molecule is CSc1ccc(/C=N/n2c(=O)cn[nH]c2=S)cc1. The number of nitrogens with one attached hydrogen (secondary N) is 1. The lowest BCUT2D eigenvalue weighted by Crippen LogP contribution is -2.18. The second kappa shape index (κ2) is 5.74. The van der Waals surface area contributed by atoms with Crippen molar-refractivity contribution < 1.29 is 0 Å². The molecule has 0 saturated heterocycles. The van der Waals surface area contributed by atoms with E-state index >= 15 is 0 Å². The van der Waals surface area contributed by atoms with Crippen LogP contribution in [-0.2, 0) is 0 Å². The van der Waals surface area contributed by atoms with Crippen LogP contribution in [0.2, 0.25) is 0 Å². The second-order valence-corrected chi connectivity index (χ2v) is 4.61. The van der Waals surface area contributed by atoms with E-state index in [0.717, 1.165) is 16.4 Å². The van der Waals surface area contributed by atoms with Gasteiger partial charge < -0.3 is 0 Å². The smallest absolute Gasteiger partial charge is 0.265 e. The Hall–Kier alpha value is -1.73. The van der Waals surface area contributed by atoms with E-state index in [1.807, 2.05) is 30.5 Å². The van der Waals surface area contributed by atoms with Crippen molar-refractivity contribution >= 4 is 30.2 Å². The summed E-state index contributed by atoms with van der Waals surface area (Å²) in [5.41, 5.74) is 0.529. The molecule has 1 heterocycles. The number of nitrogens with zero attached hydrogens (tertiary/aromatic N) is 3. The highest BCUT2D eigenvalue weighted by Crippen LogP contribution is 2.13. The molecule has 0 aliphatic heterocycles. The first-order valence-corrected chi connectivity index (χ1v) is 6.69.